The van der Waals surface area contributed by atoms with Crippen LogP contribution in [-0.2, 0) is 19.1 Å². The van der Waals surface area contributed by atoms with Crippen LogP contribution in [0.3, 0.4) is 0 Å². The largest absolute Gasteiger partial charge is 0.382 e. The number of piperidine rings is 1. The summed E-state index contributed by atoms with van der Waals surface area (Å²) in [6, 6.07) is 0.152. The molecular weight excluding hydrogens is 272 g/mol. The van der Waals surface area contributed by atoms with Crippen LogP contribution in [-0.4, -0.2) is 62.8 Å². The molecule has 2 amide bonds. The number of methoxy groups -OCH3 is 1. The van der Waals surface area contributed by atoms with Crippen LogP contribution in [0.1, 0.15) is 39.0 Å². The van der Waals surface area contributed by atoms with Gasteiger partial charge in [-0.15, -0.1) is 0 Å². The highest BCUT2D eigenvalue weighted by Crippen LogP contribution is 2.12. The Kier molecular flexibility index (Phi) is 9.01. The normalized spacial score (nSPS) is 16.0. The highest BCUT2D eigenvalue weighted by Gasteiger charge is 2.23. The van der Waals surface area contributed by atoms with Gasteiger partial charge >= 0.3 is 0 Å². The molecule has 1 aliphatic heterocycles. The van der Waals surface area contributed by atoms with Crippen LogP contribution in [0.2, 0.25) is 0 Å². The van der Waals surface area contributed by atoms with Gasteiger partial charge in [0.15, 0.2) is 0 Å². The molecule has 0 bridgehead atoms. The number of carbonyl (C=O) groups is 2. The van der Waals surface area contributed by atoms with E-state index in [1.165, 1.54) is 0 Å². The smallest absolute Gasteiger partial charge is 0.246 e. The average Bonchev–Trinajstić information content (AvgIpc) is 2.50. The van der Waals surface area contributed by atoms with Crippen molar-refractivity contribution < 1.29 is 19.1 Å². The monoisotopic (exact) mass is 300 g/mol. The maximum Gasteiger partial charge on any atom is 0.246 e. The molecule has 1 saturated heterocycles. The maximum atomic E-state index is 11.9. The number of amides is 2. The lowest BCUT2D eigenvalue weighted by molar-refractivity contribution is -0.132. The second-order valence-corrected chi connectivity index (χ2v) is 5.37. The van der Waals surface area contributed by atoms with Crippen LogP contribution < -0.4 is 5.32 Å². The van der Waals surface area contributed by atoms with E-state index in [2.05, 4.69) is 12.2 Å². The Balaban J connectivity index is 2.15. The van der Waals surface area contributed by atoms with Gasteiger partial charge in [-0.2, -0.15) is 0 Å². The molecule has 1 N–H and O–H groups in total. The Hall–Kier alpha value is -1.14. The third-order valence-electron chi connectivity index (χ3n) is 3.62. The van der Waals surface area contributed by atoms with E-state index in [1.807, 2.05) is 4.90 Å². The molecule has 0 radical (unpaired) electrons. The number of carbonyl (C=O) groups excluding carboxylic acids is 2. The average molecular weight is 300 g/mol. The zero-order valence-electron chi connectivity index (χ0n) is 13.2. The number of nitrogens with zero attached hydrogens (tertiary/aromatic N) is 1. The van der Waals surface area contributed by atoms with Gasteiger partial charge in [-0.25, -0.2) is 0 Å². The highest BCUT2D eigenvalue weighted by molar-refractivity contribution is 5.78. The van der Waals surface area contributed by atoms with Gasteiger partial charge in [-0.05, 0) is 19.3 Å². The molecule has 0 aromatic carbocycles. The minimum absolute atomic E-state index is 0.0685. The number of unbranched alkanes of at least 4 members (excludes halogenated alkanes) is 1. The number of ether oxygens (including phenoxy) is 2. The first-order valence-corrected chi connectivity index (χ1v) is 7.81. The molecule has 0 aromatic heterocycles. The highest BCUT2D eigenvalue weighted by atomic mass is 16.5. The van der Waals surface area contributed by atoms with Crippen LogP contribution in [0.5, 0.6) is 0 Å². The van der Waals surface area contributed by atoms with Crippen LogP contribution in [0.4, 0.5) is 0 Å². The van der Waals surface area contributed by atoms with Gasteiger partial charge in [0.2, 0.25) is 11.8 Å². The zero-order valence-corrected chi connectivity index (χ0v) is 13.2. The first kappa shape index (κ1) is 17.9. The van der Waals surface area contributed by atoms with E-state index in [0.717, 1.165) is 38.8 Å². The molecule has 0 aromatic rings. The minimum Gasteiger partial charge on any atom is -0.382 e. The number of rotatable bonds is 9. The maximum absolute atomic E-state index is 11.9. The van der Waals surface area contributed by atoms with E-state index in [4.69, 9.17) is 9.47 Å². The summed E-state index contributed by atoms with van der Waals surface area (Å²) in [6.45, 7) is 4.54. The van der Waals surface area contributed by atoms with Crippen molar-refractivity contribution in [3.05, 3.63) is 0 Å². The van der Waals surface area contributed by atoms with Crippen molar-refractivity contribution in [3.8, 4) is 0 Å². The SMILES string of the molecule is CCCCC(=O)N1CCC(NC(=O)COCCOC)CC1. The fourth-order valence-electron chi connectivity index (χ4n) is 2.34. The molecular formula is C15H28N2O4. The Morgan fingerprint density at radius 2 is 1.95 bits per heavy atom. The molecule has 6 nitrogen and oxygen atoms in total. The number of hydrogen-bond donors (Lipinski definition) is 1. The fraction of sp³-hybridized carbons (Fsp3) is 0.867. The predicted octanol–water partition coefficient (Wildman–Crippen LogP) is 0.947. The molecule has 21 heavy (non-hydrogen) atoms. The lowest BCUT2D eigenvalue weighted by Crippen LogP contribution is -2.47. The summed E-state index contributed by atoms with van der Waals surface area (Å²) in [5.74, 6) is 0.145. The first-order chi connectivity index (χ1) is 10.2. The third kappa shape index (κ3) is 7.43. The van der Waals surface area contributed by atoms with E-state index < -0.39 is 0 Å². The topological polar surface area (TPSA) is 67.9 Å². The van der Waals surface area contributed by atoms with E-state index in [0.29, 0.717) is 19.6 Å². The Labute approximate surface area is 127 Å². The molecule has 1 heterocycles. The first-order valence-electron chi connectivity index (χ1n) is 7.81. The van der Waals surface area contributed by atoms with Gasteiger partial charge in [0, 0.05) is 32.7 Å². The van der Waals surface area contributed by atoms with Crippen molar-refractivity contribution in [2.75, 3.05) is 40.0 Å². The molecule has 0 unspecified atom stereocenters. The number of likely N-dealkylation sites (tertiary alicyclic amines) is 1. The van der Waals surface area contributed by atoms with Crippen LogP contribution >= 0.6 is 0 Å². The molecule has 1 rings (SSSR count). The summed E-state index contributed by atoms with van der Waals surface area (Å²) in [6.07, 6.45) is 4.28. The third-order valence-corrected chi connectivity index (χ3v) is 3.62. The molecule has 1 aliphatic rings. The van der Waals surface area contributed by atoms with Gasteiger partial charge in [-0.3, -0.25) is 9.59 Å². The molecule has 0 spiro atoms. The van der Waals surface area contributed by atoms with Crippen molar-refractivity contribution in [1.82, 2.24) is 10.2 Å². The van der Waals surface area contributed by atoms with Crippen molar-refractivity contribution >= 4 is 11.8 Å². The second-order valence-electron chi connectivity index (χ2n) is 5.37. The van der Waals surface area contributed by atoms with Crippen molar-refractivity contribution in [2.24, 2.45) is 0 Å². The van der Waals surface area contributed by atoms with Gasteiger partial charge in [0.1, 0.15) is 6.61 Å². The van der Waals surface area contributed by atoms with E-state index in [-0.39, 0.29) is 24.5 Å². The van der Waals surface area contributed by atoms with E-state index in [1.54, 1.807) is 7.11 Å². The standard InChI is InChI=1S/C15H28N2O4/c1-3-4-5-15(19)17-8-6-13(7-9-17)16-14(18)12-21-11-10-20-2/h13H,3-12H2,1-2H3,(H,16,18). The van der Waals surface area contributed by atoms with Gasteiger partial charge < -0.3 is 19.7 Å². The van der Waals surface area contributed by atoms with Gasteiger partial charge in [0.25, 0.3) is 0 Å². The Morgan fingerprint density at radius 1 is 1.24 bits per heavy atom. The summed E-state index contributed by atoms with van der Waals surface area (Å²) < 4.78 is 10.0. The van der Waals surface area contributed by atoms with Crippen molar-refractivity contribution in [1.29, 1.82) is 0 Å². The molecule has 6 heteroatoms. The van der Waals surface area contributed by atoms with E-state index in [9.17, 15) is 9.59 Å². The second kappa shape index (κ2) is 10.6. The van der Waals surface area contributed by atoms with Crippen LogP contribution in [0.25, 0.3) is 0 Å². The molecule has 1 fully saturated rings. The number of hydrogen-bond acceptors (Lipinski definition) is 4. The summed E-state index contributed by atoms with van der Waals surface area (Å²) in [7, 11) is 1.60. The Morgan fingerprint density at radius 3 is 2.57 bits per heavy atom. The quantitative estimate of drug-likeness (QED) is 0.644. The summed E-state index contributed by atoms with van der Waals surface area (Å²) >= 11 is 0. The molecule has 0 saturated carbocycles. The molecule has 0 aliphatic carbocycles. The fourth-order valence-corrected chi connectivity index (χ4v) is 2.34. The predicted molar refractivity (Wildman–Crippen MR) is 80.0 cm³/mol. The van der Waals surface area contributed by atoms with Crippen molar-refractivity contribution in [3.63, 3.8) is 0 Å². The summed E-state index contributed by atoms with van der Waals surface area (Å²) in [4.78, 5) is 25.5. The lowest BCUT2D eigenvalue weighted by Gasteiger charge is -2.32. The summed E-state index contributed by atoms with van der Waals surface area (Å²) in [5.41, 5.74) is 0. The Bertz CT molecular complexity index is 315. The van der Waals surface area contributed by atoms with Crippen molar-refractivity contribution in [2.45, 2.75) is 45.1 Å². The minimum atomic E-state index is -0.0955. The van der Waals surface area contributed by atoms with Crippen LogP contribution in [0, 0.1) is 0 Å². The number of nitrogens with one attached hydrogen (secondary N) is 1. The molecule has 122 valence electrons. The molecule has 0 atom stereocenters. The van der Waals surface area contributed by atoms with Gasteiger partial charge in [-0.1, -0.05) is 13.3 Å². The van der Waals surface area contributed by atoms with E-state index >= 15 is 0 Å². The van der Waals surface area contributed by atoms with Gasteiger partial charge in [0.05, 0.1) is 13.2 Å². The summed E-state index contributed by atoms with van der Waals surface area (Å²) in [5, 5.41) is 2.96. The lowest BCUT2D eigenvalue weighted by atomic mass is 10.0. The van der Waals surface area contributed by atoms with Crippen LogP contribution in [0.15, 0.2) is 0 Å². The zero-order chi connectivity index (χ0) is 15.5.